The van der Waals surface area contributed by atoms with E-state index in [0.717, 1.165) is 28.4 Å². The smallest absolute Gasteiger partial charge is 0.416 e. The number of furan rings is 1. The van der Waals surface area contributed by atoms with Gasteiger partial charge in [0.25, 0.3) is 5.91 Å². The number of pyridine rings is 1. The quantitative estimate of drug-likeness (QED) is 0.226. The first-order valence-corrected chi connectivity index (χ1v) is 12.8. The van der Waals surface area contributed by atoms with Crippen LogP contribution in [0, 0.1) is 6.92 Å². The third kappa shape index (κ3) is 5.91. The lowest BCUT2D eigenvalue weighted by atomic mass is 10.1. The summed E-state index contributed by atoms with van der Waals surface area (Å²) in [5, 5.41) is 3.51. The lowest BCUT2D eigenvalue weighted by molar-refractivity contribution is -0.137. The maximum absolute atomic E-state index is 13.1. The molecule has 0 saturated carbocycles. The van der Waals surface area contributed by atoms with Gasteiger partial charge in [0.05, 0.1) is 35.9 Å². The number of fused-ring (bicyclic) bond motifs is 1. The van der Waals surface area contributed by atoms with Gasteiger partial charge in [0.2, 0.25) is 0 Å². The molecule has 2 aromatic carbocycles. The topological polar surface area (TPSA) is 73.0 Å². The number of benzene rings is 2. The Hall–Kier alpha value is -4.05. The summed E-state index contributed by atoms with van der Waals surface area (Å²) in [4.78, 5) is 21.4. The highest BCUT2D eigenvalue weighted by Crippen LogP contribution is 2.32. The fraction of sp³-hybridized carbons (Fsp3) is 0.179. The molecule has 0 aliphatic heterocycles. The molecule has 0 radical (unpaired) electrons. The number of aryl methyl sites for hydroxylation is 1. The zero-order chi connectivity index (χ0) is 26.7. The van der Waals surface area contributed by atoms with Crippen LogP contribution in [0.25, 0.3) is 11.0 Å². The molecule has 0 saturated heterocycles. The molecule has 0 atom stereocenters. The SMILES string of the molecule is Cc1ccc(CNC(=O)c2ccc(Cn3c(SCc4cccc(C(F)(F)F)c4)nc4ccncc43)cc2)o1. The van der Waals surface area contributed by atoms with Crippen LogP contribution in [0.1, 0.15) is 38.6 Å². The predicted octanol–water partition coefficient (Wildman–Crippen LogP) is 6.62. The van der Waals surface area contributed by atoms with Crippen LogP contribution in [0.2, 0.25) is 0 Å². The number of carbonyl (C=O) groups excluding carboxylic acids is 1. The second-order valence-electron chi connectivity index (χ2n) is 8.72. The zero-order valence-electron chi connectivity index (χ0n) is 20.3. The molecule has 0 spiro atoms. The minimum atomic E-state index is -4.39. The monoisotopic (exact) mass is 536 g/mol. The normalized spacial score (nSPS) is 11.7. The van der Waals surface area contributed by atoms with Crippen molar-refractivity contribution in [3.63, 3.8) is 0 Å². The van der Waals surface area contributed by atoms with Gasteiger partial charge in [-0.3, -0.25) is 9.78 Å². The number of hydrogen-bond donors (Lipinski definition) is 1. The number of amides is 1. The summed E-state index contributed by atoms with van der Waals surface area (Å²) in [7, 11) is 0. The zero-order valence-corrected chi connectivity index (χ0v) is 21.1. The van der Waals surface area contributed by atoms with Crippen molar-refractivity contribution in [2.24, 2.45) is 0 Å². The van der Waals surface area contributed by atoms with Crippen molar-refractivity contribution in [2.75, 3.05) is 0 Å². The van der Waals surface area contributed by atoms with E-state index in [2.05, 4.69) is 15.3 Å². The van der Waals surface area contributed by atoms with Crippen LogP contribution in [0.4, 0.5) is 13.2 Å². The minimum absolute atomic E-state index is 0.208. The number of nitrogens with zero attached hydrogens (tertiary/aromatic N) is 3. The molecule has 5 aromatic rings. The number of nitrogens with one attached hydrogen (secondary N) is 1. The summed E-state index contributed by atoms with van der Waals surface area (Å²) < 4.78 is 46.8. The molecule has 38 heavy (non-hydrogen) atoms. The molecule has 194 valence electrons. The van der Waals surface area contributed by atoms with E-state index in [1.165, 1.54) is 23.9 Å². The van der Waals surface area contributed by atoms with Gasteiger partial charge in [-0.1, -0.05) is 42.1 Å². The van der Waals surface area contributed by atoms with Crippen molar-refractivity contribution in [1.29, 1.82) is 0 Å². The first-order chi connectivity index (χ1) is 18.3. The van der Waals surface area contributed by atoms with Gasteiger partial charge in [-0.2, -0.15) is 13.2 Å². The molecular weight excluding hydrogens is 513 g/mol. The van der Waals surface area contributed by atoms with Gasteiger partial charge in [0.15, 0.2) is 5.16 Å². The van der Waals surface area contributed by atoms with Crippen molar-refractivity contribution in [1.82, 2.24) is 19.9 Å². The maximum atomic E-state index is 13.1. The van der Waals surface area contributed by atoms with E-state index in [0.29, 0.717) is 40.9 Å². The van der Waals surface area contributed by atoms with Crippen molar-refractivity contribution >= 4 is 28.7 Å². The molecule has 0 unspecified atom stereocenters. The van der Waals surface area contributed by atoms with E-state index >= 15 is 0 Å². The molecule has 3 heterocycles. The highest BCUT2D eigenvalue weighted by molar-refractivity contribution is 7.98. The number of thioether (sulfide) groups is 1. The molecule has 3 aromatic heterocycles. The van der Waals surface area contributed by atoms with Crippen LogP contribution in [0.3, 0.4) is 0 Å². The van der Waals surface area contributed by atoms with Crippen LogP contribution in [-0.2, 0) is 25.0 Å². The lowest BCUT2D eigenvalue weighted by Gasteiger charge is -2.11. The fourth-order valence-corrected chi connectivity index (χ4v) is 4.95. The fourth-order valence-electron chi connectivity index (χ4n) is 3.99. The standard InChI is InChI=1S/C28H23F3N4O2S/c1-18-5-10-23(37-18)14-33-26(36)21-8-6-19(7-9-21)16-35-25-15-32-12-11-24(25)34-27(35)38-17-20-3-2-4-22(13-20)28(29,30)31/h2-13,15H,14,16-17H2,1H3,(H,33,36). The van der Waals surface area contributed by atoms with Crippen LogP contribution in [-0.4, -0.2) is 20.4 Å². The van der Waals surface area contributed by atoms with E-state index in [1.54, 1.807) is 36.7 Å². The van der Waals surface area contributed by atoms with Gasteiger partial charge in [0, 0.05) is 17.5 Å². The molecule has 6 nitrogen and oxygen atoms in total. The van der Waals surface area contributed by atoms with Crippen molar-refractivity contribution < 1.29 is 22.4 Å². The van der Waals surface area contributed by atoms with Gasteiger partial charge >= 0.3 is 6.18 Å². The van der Waals surface area contributed by atoms with Crippen LogP contribution < -0.4 is 5.32 Å². The van der Waals surface area contributed by atoms with Crippen LogP contribution in [0.5, 0.6) is 0 Å². The van der Waals surface area contributed by atoms with Gasteiger partial charge < -0.3 is 14.3 Å². The maximum Gasteiger partial charge on any atom is 0.416 e. The Morgan fingerprint density at radius 1 is 1.05 bits per heavy atom. The van der Waals surface area contributed by atoms with E-state index in [4.69, 9.17) is 4.42 Å². The van der Waals surface area contributed by atoms with E-state index in [9.17, 15) is 18.0 Å². The minimum Gasteiger partial charge on any atom is -0.465 e. The molecule has 5 rings (SSSR count). The lowest BCUT2D eigenvalue weighted by Crippen LogP contribution is -2.22. The average molecular weight is 537 g/mol. The number of carbonyl (C=O) groups is 1. The van der Waals surface area contributed by atoms with Gasteiger partial charge in [0.1, 0.15) is 11.5 Å². The number of halogens is 3. The molecule has 1 N–H and O–H groups in total. The Morgan fingerprint density at radius 3 is 2.61 bits per heavy atom. The Balaban J connectivity index is 1.31. The highest BCUT2D eigenvalue weighted by atomic mass is 32.2. The van der Waals surface area contributed by atoms with Gasteiger partial charge in [-0.05, 0) is 54.4 Å². The number of rotatable bonds is 8. The first-order valence-electron chi connectivity index (χ1n) is 11.8. The van der Waals surface area contributed by atoms with Crippen molar-refractivity contribution in [3.8, 4) is 0 Å². The second kappa shape index (κ2) is 10.7. The molecule has 1 amide bonds. The number of alkyl halides is 3. The molecule has 0 bridgehead atoms. The third-order valence-electron chi connectivity index (χ3n) is 5.91. The Morgan fingerprint density at radius 2 is 1.87 bits per heavy atom. The van der Waals surface area contributed by atoms with Crippen molar-refractivity contribution in [2.45, 2.75) is 37.1 Å². The summed E-state index contributed by atoms with van der Waals surface area (Å²) >= 11 is 1.36. The average Bonchev–Trinajstić information content (AvgIpc) is 3.49. The number of aromatic nitrogens is 3. The van der Waals surface area contributed by atoms with E-state index < -0.39 is 11.7 Å². The number of imidazole rings is 1. The summed E-state index contributed by atoms with van der Waals surface area (Å²) in [6.07, 6.45) is -1.02. The molecule has 0 fully saturated rings. The number of hydrogen-bond acceptors (Lipinski definition) is 5. The first kappa shape index (κ1) is 25.6. The van der Waals surface area contributed by atoms with Crippen LogP contribution in [0.15, 0.2) is 88.7 Å². The Labute approximate surface area is 220 Å². The largest absolute Gasteiger partial charge is 0.465 e. The second-order valence-corrected chi connectivity index (χ2v) is 9.67. The van der Waals surface area contributed by atoms with E-state index in [1.807, 2.05) is 35.8 Å². The summed E-state index contributed by atoms with van der Waals surface area (Å²) in [6.45, 7) is 2.61. The molecule has 0 aliphatic rings. The highest BCUT2D eigenvalue weighted by Gasteiger charge is 2.30. The van der Waals surface area contributed by atoms with E-state index in [-0.39, 0.29) is 5.91 Å². The van der Waals surface area contributed by atoms with Gasteiger partial charge in [-0.15, -0.1) is 0 Å². The molecule has 0 aliphatic carbocycles. The molecular formula is C28H23F3N4O2S. The summed E-state index contributed by atoms with van der Waals surface area (Å²) in [6, 6.07) is 18.0. The Kier molecular flexibility index (Phi) is 7.24. The summed E-state index contributed by atoms with van der Waals surface area (Å²) in [5.74, 6) is 1.59. The molecule has 10 heteroatoms. The van der Waals surface area contributed by atoms with Gasteiger partial charge in [-0.25, -0.2) is 4.98 Å². The Bertz CT molecular complexity index is 1580. The summed E-state index contributed by atoms with van der Waals surface area (Å²) in [5.41, 5.74) is 2.91. The third-order valence-corrected chi connectivity index (χ3v) is 6.96. The predicted molar refractivity (Wildman–Crippen MR) is 139 cm³/mol. The van der Waals surface area contributed by atoms with Crippen molar-refractivity contribution in [3.05, 3.63) is 113 Å². The van der Waals surface area contributed by atoms with Crippen LogP contribution >= 0.6 is 11.8 Å².